The van der Waals surface area contributed by atoms with E-state index in [-0.39, 0.29) is 5.91 Å². The zero-order chi connectivity index (χ0) is 20.3. The van der Waals surface area contributed by atoms with E-state index in [9.17, 15) is 4.79 Å². The Morgan fingerprint density at radius 2 is 1.93 bits per heavy atom. The number of amides is 1. The summed E-state index contributed by atoms with van der Waals surface area (Å²) in [6, 6.07) is 14.1. The number of thioether (sulfide) groups is 1. The third kappa shape index (κ3) is 4.47. The first-order chi connectivity index (χ1) is 13.4. The number of nitrogens with zero attached hydrogens (tertiary/aromatic N) is 4. The monoisotopic (exact) mass is 431 g/mol. The second kappa shape index (κ2) is 8.65. The van der Waals surface area contributed by atoms with Crippen LogP contribution in [0.3, 0.4) is 0 Å². The lowest BCUT2D eigenvalue weighted by molar-refractivity contribution is -0.115. The van der Waals surface area contributed by atoms with Crippen molar-refractivity contribution >= 4 is 46.6 Å². The highest BCUT2D eigenvalue weighted by molar-refractivity contribution is 8.00. The van der Waals surface area contributed by atoms with Gasteiger partial charge in [0.1, 0.15) is 6.07 Å². The molecule has 9 heteroatoms. The average molecular weight is 432 g/mol. The first kappa shape index (κ1) is 20.2. The molecule has 142 valence electrons. The summed E-state index contributed by atoms with van der Waals surface area (Å²) in [5.41, 5.74) is 1.77. The van der Waals surface area contributed by atoms with Crippen LogP contribution < -0.4 is 5.32 Å². The molecule has 1 atom stereocenters. The number of hydrogen-bond donors (Lipinski definition) is 1. The maximum absolute atomic E-state index is 12.5. The van der Waals surface area contributed by atoms with Crippen LogP contribution in [-0.2, 0) is 11.8 Å². The number of anilines is 1. The summed E-state index contributed by atoms with van der Waals surface area (Å²) in [7, 11) is 1.84. The molecule has 0 aliphatic carbocycles. The SMILES string of the molecule is CC(Sc1nnc(-c2ccc(Cl)cc2)n1C)C(=O)Nc1ccc(C#N)c(Cl)c1. The number of aromatic nitrogens is 3. The van der Waals surface area contributed by atoms with Crippen LogP contribution in [0.2, 0.25) is 10.0 Å². The quantitative estimate of drug-likeness (QED) is 0.587. The smallest absolute Gasteiger partial charge is 0.237 e. The highest BCUT2D eigenvalue weighted by Crippen LogP contribution is 2.27. The average Bonchev–Trinajstić information content (AvgIpc) is 3.03. The van der Waals surface area contributed by atoms with Gasteiger partial charge in [0, 0.05) is 23.3 Å². The molecule has 2 aromatic carbocycles. The number of halogens is 2. The van der Waals surface area contributed by atoms with Gasteiger partial charge in [0.25, 0.3) is 0 Å². The van der Waals surface area contributed by atoms with Gasteiger partial charge in [-0.25, -0.2) is 0 Å². The molecular weight excluding hydrogens is 417 g/mol. The van der Waals surface area contributed by atoms with Crippen molar-refractivity contribution < 1.29 is 4.79 Å². The van der Waals surface area contributed by atoms with E-state index in [0.29, 0.717) is 32.3 Å². The van der Waals surface area contributed by atoms with E-state index in [1.165, 1.54) is 11.8 Å². The Hall–Kier alpha value is -2.53. The fourth-order valence-electron chi connectivity index (χ4n) is 2.41. The molecule has 0 spiro atoms. The Morgan fingerprint density at radius 3 is 2.57 bits per heavy atom. The molecular formula is C19H15Cl2N5OS. The van der Waals surface area contributed by atoms with Crippen LogP contribution in [0.4, 0.5) is 5.69 Å². The van der Waals surface area contributed by atoms with Gasteiger partial charge in [-0.15, -0.1) is 10.2 Å². The minimum Gasteiger partial charge on any atom is -0.325 e. The fourth-order valence-corrected chi connectivity index (χ4v) is 3.57. The summed E-state index contributed by atoms with van der Waals surface area (Å²) in [4.78, 5) is 12.5. The standard InChI is InChI=1S/C19H15Cl2N5OS/c1-11(18(27)23-15-8-5-13(10-22)16(21)9-15)28-19-25-24-17(26(19)2)12-3-6-14(20)7-4-12/h3-9,11H,1-2H3,(H,23,27). The number of carbonyl (C=O) groups is 1. The highest BCUT2D eigenvalue weighted by atomic mass is 35.5. The zero-order valence-corrected chi connectivity index (χ0v) is 17.3. The van der Waals surface area contributed by atoms with E-state index < -0.39 is 5.25 Å². The lowest BCUT2D eigenvalue weighted by atomic mass is 10.2. The molecule has 1 aromatic heterocycles. The largest absolute Gasteiger partial charge is 0.325 e. The van der Waals surface area contributed by atoms with Crippen LogP contribution in [0.5, 0.6) is 0 Å². The second-order valence-corrected chi connectivity index (χ2v) is 8.08. The van der Waals surface area contributed by atoms with Crippen molar-refractivity contribution in [2.45, 2.75) is 17.3 Å². The topological polar surface area (TPSA) is 83.6 Å². The van der Waals surface area contributed by atoms with Gasteiger partial charge in [0.15, 0.2) is 11.0 Å². The summed E-state index contributed by atoms with van der Waals surface area (Å²) >= 11 is 13.2. The van der Waals surface area contributed by atoms with Crippen LogP contribution in [-0.4, -0.2) is 25.9 Å². The maximum atomic E-state index is 12.5. The summed E-state index contributed by atoms with van der Waals surface area (Å²) in [6.07, 6.45) is 0. The van der Waals surface area contributed by atoms with Crippen LogP contribution >= 0.6 is 35.0 Å². The third-order valence-electron chi connectivity index (χ3n) is 3.95. The first-order valence-electron chi connectivity index (χ1n) is 8.21. The first-order valence-corrected chi connectivity index (χ1v) is 9.85. The fraction of sp³-hybridized carbons (Fsp3) is 0.158. The molecule has 3 aromatic rings. The van der Waals surface area contributed by atoms with Crippen molar-refractivity contribution in [3.05, 3.63) is 58.1 Å². The minimum absolute atomic E-state index is 0.207. The van der Waals surface area contributed by atoms with Crippen LogP contribution in [0.15, 0.2) is 47.6 Å². The summed E-state index contributed by atoms with van der Waals surface area (Å²) in [5.74, 6) is 0.479. The van der Waals surface area contributed by atoms with Gasteiger partial charge < -0.3 is 9.88 Å². The molecule has 0 radical (unpaired) electrons. The second-order valence-electron chi connectivity index (χ2n) is 5.93. The lowest BCUT2D eigenvalue weighted by Gasteiger charge is -2.12. The Morgan fingerprint density at radius 1 is 1.21 bits per heavy atom. The number of nitrogens with one attached hydrogen (secondary N) is 1. The molecule has 1 unspecified atom stereocenters. The summed E-state index contributed by atoms with van der Waals surface area (Å²) in [5, 5.41) is 21.2. The molecule has 0 saturated carbocycles. The molecule has 1 heterocycles. The predicted molar refractivity (Wildman–Crippen MR) is 112 cm³/mol. The van der Waals surface area contributed by atoms with Crippen molar-refractivity contribution in [2.75, 3.05) is 5.32 Å². The van der Waals surface area contributed by atoms with Crippen molar-refractivity contribution in [3.63, 3.8) is 0 Å². The lowest BCUT2D eigenvalue weighted by Crippen LogP contribution is -2.22. The van der Waals surface area contributed by atoms with Crippen molar-refractivity contribution in [2.24, 2.45) is 7.05 Å². The third-order valence-corrected chi connectivity index (χ3v) is 5.64. The van der Waals surface area contributed by atoms with Gasteiger partial charge in [-0.05, 0) is 49.4 Å². The summed E-state index contributed by atoms with van der Waals surface area (Å²) < 4.78 is 1.83. The molecule has 0 aliphatic rings. The minimum atomic E-state index is -0.421. The molecule has 28 heavy (non-hydrogen) atoms. The molecule has 1 N–H and O–H groups in total. The van der Waals surface area contributed by atoms with Crippen LogP contribution in [0.1, 0.15) is 12.5 Å². The van der Waals surface area contributed by atoms with Gasteiger partial charge in [-0.1, -0.05) is 35.0 Å². The number of nitriles is 1. The van der Waals surface area contributed by atoms with Crippen molar-refractivity contribution in [3.8, 4) is 17.5 Å². The molecule has 0 aliphatic heterocycles. The van der Waals surface area contributed by atoms with Crippen LogP contribution in [0, 0.1) is 11.3 Å². The van der Waals surface area contributed by atoms with E-state index in [2.05, 4.69) is 15.5 Å². The Balaban J connectivity index is 1.70. The maximum Gasteiger partial charge on any atom is 0.237 e. The number of benzene rings is 2. The summed E-state index contributed by atoms with van der Waals surface area (Å²) in [6.45, 7) is 1.78. The van der Waals surface area contributed by atoms with Gasteiger partial charge >= 0.3 is 0 Å². The van der Waals surface area contributed by atoms with E-state index in [4.69, 9.17) is 28.5 Å². The zero-order valence-electron chi connectivity index (χ0n) is 15.0. The van der Waals surface area contributed by atoms with E-state index in [1.807, 2.05) is 29.8 Å². The van der Waals surface area contributed by atoms with Crippen LogP contribution in [0.25, 0.3) is 11.4 Å². The number of rotatable bonds is 5. The van der Waals surface area contributed by atoms with E-state index >= 15 is 0 Å². The highest BCUT2D eigenvalue weighted by Gasteiger charge is 2.20. The van der Waals surface area contributed by atoms with Gasteiger partial charge in [-0.2, -0.15) is 5.26 Å². The Labute approximate surface area is 176 Å². The van der Waals surface area contributed by atoms with E-state index in [0.717, 1.165) is 5.56 Å². The number of hydrogen-bond acceptors (Lipinski definition) is 5. The molecule has 6 nitrogen and oxygen atoms in total. The van der Waals surface area contributed by atoms with Gasteiger partial charge in [-0.3, -0.25) is 4.79 Å². The predicted octanol–water partition coefficient (Wildman–Crippen LogP) is 4.78. The van der Waals surface area contributed by atoms with Gasteiger partial charge in [0.2, 0.25) is 5.91 Å². The molecule has 0 saturated heterocycles. The van der Waals surface area contributed by atoms with E-state index in [1.54, 1.807) is 37.3 Å². The Kier molecular flexibility index (Phi) is 6.25. The van der Waals surface area contributed by atoms with Gasteiger partial charge in [0.05, 0.1) is 15.8 Å². The number of carbonyl (C=O) groups excluding carboxylic acids is 1. The van der Waals surface area contributed by atoms with Crippen molar-refractivity contribution in [1.82, 2.24) is 14.8 Å². The van der Waals surface area contributed by atoms with Crippen molar-refractivity contribution in [1.29, 1.82) is 5.26 Å². The molecule has 1 amide bonds. The molecule has 0 bridgehead atoms. The Bertz CT molecular complexity index is 1060. The molecule has 0 fully saturated rings. The normalized spacial score (nSPS) is 11.7. The molecule has 3 rings (SSSR count).